The van der Waals surface area contributed by atoms with E-state index in [1.54, 1.807) is 92.0 Å². The Labute approximate surface area is 671 Å². The molecular weight excluding hydrogens is 1530 g/mol. The van der Waals surface area contributed by atoms with Gasteiger partial charge in [0.15, 0.2) is 6.73 Å². The summed E-state index contributed by atoms with van der Waals surface area (Å²) in [5.74, 6) is -0.575. The van der Waals surface area contributed by atoms with E-state index in [4.69, 9.17) is 14.2 Å². The molecule has 0 radical (unpaired) electrons. The summed E-state index contributed by atoms with van der Waals surface area (Å²) in [5, 5.41) is 20.6. The molecule has 28 nitrogen and oxygen atoms in total. The lowest BCUT2D eigenvalue weighted by Crippen LogP contribution is -2.43. The molecule has 6 aromatic rings. The molecule has 7 N–H and O–H groups in total. The number of methoxy groups -OCH3 is 3. The minimum atomic E-state index is -3.91. The third kappa shape index (κ3) is 33.9. The van der Waals surface area contributed by atoms with E-state index in [9.17, 15) is 54.0 Å². The van der Waals surface area contributed by atoms with Crippen molar-refractivity contribution in [1.82, 2.24) is 59.9 Å². The lowest BCUT2D eigenvalue weighted by Gasteiger charge is -2.21. The molecule has 0 fully saturated rings. The molecule has 0 aliphatic heterocycles. The second-order valence-electron chi connectivity index (χ2n) is 27.2. The van der Waals surface area contributed by atoms with Crippen LogP contribution in [-0.2, 0) is 103 Å². The second-order valence-corrected chi connectivity index (χ2v) is 33.1. The summed E-state index contributed by atoms with van der Waals surface area (Å²) in [6, 6.07) is 35.8. The second kappa shape index (κ2) is 49.2. The van der Waals surface area contributed by atoms with Gasteiger partial charge in [0.2, 0.25) is 59.6 Å². The molecule has 0 atom stereocenters. The molecular formula is C78H118Cl2N12O16S3. The van der Waals surface area contributed by atoms with Crippen LogP contribution in [-0.4, -0.2) is 205 Å². The van der Waals surface area contributed by atoms with Crippen molar-refractivity contribution in [2.75, 3.05) is 103 Å². The fourth-order valence-corrected chi connectivity index (χ4v) is 15.4. The van der Waals surface area contributed by atoms with E-state index in [0.717, 1.165) is 61.3 Å². The van der Waals surface area contributed by atoms with Gasteiger partial charge >= 0.3 is 0 Å². The van der Waals surface area contributed by atoms with Gasteiger partial charge in [0.1, 0.15) is 17.2 Å². The van der Waals surface area contributed by atoms with Crippen LogP contribution in [0.1, 0.15) is 108 Å². The first-order valence-corrected chi connectivity index (χ1v) is 39.7. The summed E-state index contributed by atoms with van der Waals surface area (Å²) in [6.45, 7) is 25.2. The van der Waals surface area contributed by atoms with Crippen LogP contribution >= 0.6 is 24.8 Å². The fraction of sp³-hybridized carbons (Fsp3) is 0.462. The summed E-state index contributed by atoms with van der Waals surface area (Å²) >= 11 is 0. The molecule has 0 aliphatic rings. The predicted octanol–water partition coefficient (Wildman–Crippen LogP) is 7.34. The Morgan fingerprint density at radius 2 is 0.631 bits per heavy atom. The Bertz CT molecular complexity index is 4060. The Balaban J connectivity index is 0.000000773. The summed E-state index contributed by atoms with van der Waals surface area (Å²) in [6.07, 6.45) is 0. The number of sulfonamides is 3. The number of nitrogens with one attached hydrogen (secondary N) is 7. The Morgan fingerprint density at radius 3 is 0.856 bits per heavy atom. The van der Waals surface area contributed by atoms with Crippen LogP contribution in [0.25, 0.3) is 0 Å². The Morgan fingerprint density at radius 1 is 0.396 bits per heavy atom. The monoisotopic (exact) mass is 1640 g/mol. The summed E-state index contributed by atoms with van der Waals surface area (Å²) in [5.41, 5.74) is 10.1. The molecule has 5 amide bonds. The molecule has 33 heteroatoms. The van der Waals surface area contributed by atoms with Crippen LogP contribution in [0.4, 0.5) is 0 Å². The molecule has 0 heterocycles. The molecule has 111 heavy (non-hydrogen) atoms. The van der Waals surface area contributed by atoms with Gasteiger partial charge in [-0.15, -0.1) is 24.8 Å². The molecule has 0 spiro atoms. The number of halogens is 2. The number of aryl methyl sites for hydroxylation is 6. The maximum Gasteiger partial charge on any atom is 0.294 e. The molecule has 0 aromatic heterocycles. The van der Waals surface area contributed by atoms with E-state index in [-0.39, 0.29) is 77.6 Å². The van der Waals surface area contributed by atoms with E-state index < -0.39 is 67.4 Å². The average molecular weight is 1650 g/mol. The standard InChI is InChI=1S/2C26H38N4O5S.C14H20N2O6S.C12H20N2.2ClH/c2*1-18(2)27-14-21-8-10-22(11-9-21)16-29(5)25(32)15-28-24(31)17-30(6)36(33,34)26-19(3)12-23(35-7)13-20(26)4;1-10-5-12(21-4)6-11(2)14(10)23(19,20)16(3)7-13(18)15-8-22-9-17;1-10(2)14-9-12-6-4-11(5-7-12)8-13-3;;/h2*8-13,18,27H,14-17H2,1-7H3,(H,28,31);5-6,9H,7-8H2,1-4H3,(H,15,18);4-7,10,13-14H,8-9H2,1-3H3;2*1H. The first-order valence-electron chi connectivity index (χ1n) is 35.4. The Hall–Kier alpha value is -8.31. The zero-order valence-electron chi connectivity index (χ0n) is 68.0. The third-order valence-electron chi connectivity index (χ3n) is 16.7. The van der Waals surface area contributed by atoms with Gasteiger partial charge in [-0.1, -0.05) is 114 Å². The van der Waals surface area contributed by atoms with Crippen molar-refractivity contribution in [3.8, 4) is 17.2 Å². The molecule has 0 bridgehead atoms. The number of amides is 5. The number of nitrogens with zero attached hydrogens (tertiary/aromatic N) is 5. The first-order chi connectivity index (χ1) is 51.1. The van der Waals surface area contributed by atoms with Crippen LogP contribution < -0.4 is 51.4 Å². The number of ether oxygens (including phenoxy) is 4. The number of hydrogen-bond donors (Lipinski definition) is 7. The lowest BCUT2D eigenvalue weighted by atomic mass is 10.1. The summed E-state index contributed by atoms with van der Waals surface area (Å²) < 4.78 is 100. The smallest absolute Gasteiger partial charge is 0.294 e. The average Bonchev–Trinajstić information content (AvgIpc) is 0.793. The van der Waals surface area contributed by atoms with Crippen molar-refractivity contribution in [3.05, 3.63) is 176 Å². The van der Waals surface area contributed by atoms with Crippen molar-refractivity contribution >= 4 is 90.9 Å². The van der Waals surface area contributed by atoms with Crippen molar-refractivity contribution in [3.63, 3.8) is 0 Å². The van der Waals surface area contributed by atoms with Gasteiger partial charge in [-0.25, -0.2) is 25.3 Å². The van der Waals surface area contributed by atoms with Crippen molar-refractivity contribution in [2.24, 2.45) is 0 Å². The minimum Gasteiger partial charge on any atom is -0.497 e. The molecule has 0 unspecified atom stereocenters. The maximum absolute atomic E-state index is 13.1. The molecule has 0 saturated heterocycles. The van der Waals surface area contributed by atoms with Gasteiger partial charge in [0.25, 0.3) is 6.47 Å². The van der Waals surface area contributed by atoms with Gasteiger partial charge in [-0.05, 0) is 152 Å². The highest BCUT2D eigenvalue weighted by molar-refractivity contribution is 7.89. The number of carbonyl (C=O) groups is 6. The number of likely N-dealkylation sites (N-methyl/N-ethyl adjacent to an activating group) is 5. The SMILES string of the molecule is CNCc1ccc(CNC(C)C)cc1.COc1cc(C)c(S(=O)(=O)N(C)CC(=O)NCC(=O)N(C)Cc2ccc(CNC(C)C)cc2)c(C)c1.COc1cc(C)c(S(=O)(=O)N(C)CC(=O)NCC(=O)N(C)Cc2ccc(CNC(C)C)cc2)c(C)c1.COc1cc(C)c(S(=O)(=O)N(C)CC(=O)NCOC=O)c(C)c1.Cl.Cl. The maximum atomic E-state index is 13.1. The third-order valence-corrected chi connectivity index (χ3v) is 23.0. The van der Waals surface area contributed by atoms with Gasteiger partial charge in [-0.2, -0.15) is 12.9 Å². The molecule has 6 rings (SSSR count). The molecule has 0 aliphatic carbocycles. The van der Waals surface area contributed by atoms with Crippen molar-refractivity contribution in [2.45, 2.75) is 155 Å². The first kappa shape index (κ1) is 101. The van der Waals surface area contributed by atoms with E-state index in [2.05, 4.69) is 108 Å². The van der Waals surface area contributed by atoms with Crippen LogP contribution in [0, 0.1) is 41.5 Å². The zero-order valence-corrected chi connectivity index (χ0v) is 72.1. The highest BCUT2D eigenvalue weighted by Crippen LogP contribution is 2.31. The largest absolute Gasteiger partial charge is 0.497 e. The highest BCUT2D eigenvalue weighted by Gasteiger charge is 2.31. The normalized spacial score (nSPS) is 11.2. The minimum absolute atomic E-state index is 0. The molecule has 6 aromatic carbocycles. The predicted molar refractivity (Wildman–Crippen MR) is 438 cm³/mol. The van der Waals surface area contributed by atoms with E-state index in [0.29, 0.717) is 81.8 Å². The van der Waals surface area contributed by atoms with Gasteiger partial charge in [-0.3, -0.25) is 28.8 Å². The number of carbonyl (C=O) groups excluding carboxylic acids is 6. The number of hydrogen-bond acceptors (Lipinski definition) is 20. The lowest BCUT2D eigenvalue weighted by molar-refractivity contribution is -0.132. The summed E-state index contributed by atoms with van der Waals surface area (Å²) in [4.78, 5) is 74.9. The van der Waals surface area contributed by atoms with Crippen LogP contribution in [0.15, 0.2) is 124 Å². The van der Waals surface area contributed by atoms with Gasteiger partial charge < -0.3 is 66.0 Å². The Kier molecular flexibility index (Phi) is 44.7. The van der Waals surface area contributed by atoms with Crippen LogP contribution in [0.3, 0.4) is 0 Å². The van der Waals surface area contributed by atoms with E-state index >= 15 is 0 Å². The highest BCUT2D eigenvalue weighted by atomic mass is 35.5. The van der Waals surface area contributed by atoms with Crippen LogP contribution in [0.5, 0.6) is 17.2 Å². The fourth-order valence-electron chi connectivity index (χ4n) is 10.8. The van der Waals surface area contributed by atoms with Crippen LogP contribution in [0.2, 0.25) is 0 Å². The van der Waals surface area contributed by atoms with Crippen molar-refractivity contribution in [1.29, 1.82) is 0 Å². The topological polar surface area (TPSA) is 342 Å². The molecule has 618 valence electrons. The number of benzene rings is 6. The van der Waals surface area contributed by atoms with E-state index in [1.807, 2.05) is 55.6 Å². The zero-order chi connectivity index (χ0) is 82.1. The summed E-state index contributed by atoms with van der Waals surface area (Å²) in [7, 11) is 2.13. The molecule has 0 saturated carbocycles. The number of rotatable bonds is 37. The van der Waals surface area contributed by atoms with Gasteiger partial charge in [0.05, 0.1) is 68.7 Å². The van der Waals surface area contributed by atoms with E-state index in [1.165, 1.54) is 63.4 Å². The van der Waals surface area contributed by atoms with Crippen molar-refractivity contribution < 1.29 is 73.0 Å². The quantitative estimate of drug-likeness (QED) is 0.0114. The van der Waals surface area contributed by atoms with Gasteiger partial charge in [0, 0.05) is 92.6 Å².